The minimum atomic E-state index is -0.0830. The fourth-order valence-electron chi connectivity index (χ4n) is 3.51. The third-order valence-corrected chi connectivity index (χ3v) is 5.30. The van der Waals surface area contributed by atoms with Crippen molar-refractivity contribution in [1.82, 2.24) is 20.4 Å². The zero-order valence-corrected chi connectivity index (χ0v) is 16.7. The van der Waals surface area contributed by atoms with Crippen LogP contribution >= 0.6 is 0 Å². The van der Waals surface area contributed by atoms with Crippen molar-refractivity contribution in [3.63, 3.8) is 0 Å². The highest BCUT2D eigenvalue weighted by Crippen LogP contribution is 2.20. The molecule has 146 valence electrons. The van der Waals surface area contributed by atoms with Gasteiger partial charge in [-0.3, -0.25) is 4.79 Å². The lowest BCUT2D eigenvalue weighted by molar-refractivity contribution is 0.0953. The number of nitrogens with zero attached hydrogens (tertiary/aromatic N) is 4. The molecule has 1 atom stereocenters. The number of hydrogen-bond donors (Lipinski definition) is 1. The van der Waals surface area contributed by atoms with Crippen molar-refractivity contribution in [3.05, 3.63) is 40.9 Å². The highest BCUT2D eigenvalue weighted by Gasteiger charge is 2.24. The lowest BCUT2D eigenvalue weighted by Gasteiger charge is -2.21. The number of rotatable bonds is 7. The largest absolute Gasteiger partial charge is 0.361 e. The molecule has 0 aromatic carbocycles. The lowest BCUT2D eigenvalue weighted by Crippen LogP contribution is -2.31. The van der Waals surface area contributed by atoms with Crippen LogP contribution in [0.15, 0.2) is 22.9 Å². The molecule has 1 aliphatic rings. The number of pyridine rings is 1. The summed E-state index contributed by atoms with van der Waals surface area (Å²) >= 11 is 0. The number of anilines is 1. The normalized spacial score (nSPS) is 16.9. The van der Waals surface area contributed by atoms with Gasteiger partial charge in [-0.2, -0.15) is 0 Å². The van der Waals surface area contributed by atoms with E-state index < -0.39 is 0 Å². The Morgan fingerprint density at radius 3 is 2.78 bits per heavy atom. The van der Waals surface area contributed by atoms with Gasteiger partial charge >= 0.3 is 0 Å². The van der Waals surface area contributed by atoms with Crippen molar-refractivity contribution >= 4 is 11.7 Å². The standard InChI is InChI=1S/C20H29N5O2/c1-14-18(15(2)27-23-14)6-5-10-21-20(26)16-7-8-19(22-12-16)25-11-9-17(13-25)24(3)4/h7-8,12,17H,5-6,9-11,13H2,1-4H3,(H,21,26). The Labute approximate surface area is 160 Å². The van der Waals surface area contributed by atoms with Crippen molar-refractivity contribution < 1.29 is 9.32 Å². The van der Waals surface area contributed by atoms with Gasteiger partial charge in [-0.05, 0) is 59.3 Å². The first kappa shape index (κ1) is 19.4. The average Bonchev–Trinajstić information content (AvgIpc) is 3.27. The van der Waals surface area contributed by atoms with Crippen LogP contribution < -0.4 is 10.2 Å². The van der Waals surface area contributed by atoms with Gasteiger partial charge in [0, 0.05) is 37.4 Å². The first-order chi connectivity index (χ1) is 13.0. The van der Waals surface area contributed by atoms with Crippen LogP contribution in [-0.2, 0) is 6.42 Å². The molecule has 1 N–H and O–H groups in total. The SMILES string of the molecule is Cc1noc(C)c1CCCNC(=O)c1ccc(N2CCC(N(C)C)C2)nc1. The molecule has 0 radical (unpaired) electrons. The Balaban J connectivity index is 1.46. The fourth-order valence-corrected chi connectivity index (χ4v) is 3.51. The molecular weight excluding hydrogens is 342 g/mol. The second-order valence-electron chi connectivity index (χ2n) is 7.42. The molecule has 1 amide bonds. The van der Waals surface area contributed by atoms with Gasteiger partial charge in [-0.1, -0.05) is 5.16 Å². The van der Waals surface area contributed by atoms with Crippen molar-refractivity contribution in [2.24, 2.45) is 0 Å². The van der Waals surface area contributed by atoms with Crippen molar-refractivity contribution in [2.45, 2.75) is 39.2 Å². The number of carbonyl (C=O) groups is 1. The lowest BCUT2D eigenvalue weighted by atomic mass is 10.1. The highest BCUT2D eigenvalue weighted by molar-refractivity contribution is 5.94. The number of carbonyl (C=O) groups excluding carboxylic acids is 1. The van der Waals surface area contributed by atoms with Crippen LogP contribution in [0.1, 0.15) is 40.2 Å². The van der Waals surface area contributed by atoms with E-state index in [0.717, 1.165) is 55.2 Å². The summed E-state index contributed by atoms with van der Waals surface area (Å²) in [6, 6.07) is 4.36. The van der Waals surface area contributed by atoms with E-state index in [1.807, 2.05) is 26.0 Å². The van der Waals surface area contributed by atoms with Gasteiger partial charge in [-0.25, -0.2) is 4.98 Å². The summed E-state index contributed by atoms with van der Waals surface area (Å²) in [5, 5.41) is 6.92. The third kappa shape index (κ3) is 4.66. The zero-order chi connectivity index (χ0) is 19.4. The Hall–Kier alpha value is -2.41. The van der Waals surface area contributed by atoms with Crippen LogP contribution in [0.2, 0.25) is 0 Å². The zero-order valence-electron chi connectivity index (χ0n) is 16.7. The van der Waals surface area contributed by atoms with E-state index in [4.69, 9.17) is 4.52 Å². The quantitative estimate of drug-likeness (QED) is 0.752. The molecule has 2 aromatic rings. The van der Waals surface area contributed by atoms with E-state index in [1.54, 1.807) is 6.20 Å². The molecule has 0 saturated carbocycles. The van der Waals surface area contributed by atoms with Gasteiger partial charge in [0.15, 0.2) is 0 Å². The minimum absolute atomic E-state index is 0.0830. The van der Waals surface area contributed by atoms with Crippen LogP contribution in [0.4, 0.5) is 5.82 Å². The first-order valence-corrected chi connectivity index (χ1v) is 9.53. The van der Waals surface area contributed by atoms with E-state index in [-0.39, 0.29) is 5.91 Å². The van der Waals surface area contributed by atoms with E-state index in [9.17, 15) is 4.79 Å². The predicted octanol–water partition coefficient (Wildman–Crippen LogP) is 2.19. The summed E-state index contributed by atoms with van der Waals surface area (Å²) in [4.78, 5) is 21.3. The summed E-state index contributed by atoms with van der Waals surface area (Å²) in [5.74, 6) is 1.71. The highest BCUT2D eigenvalue weighted by atomic mass is 16.5. The van der Waals surface area contributed by atoms with Crippen molar-refractivity contribution in [3.8, 4) is 0 Å². The molecule has 2 aromatic heterocycles. The van der Waals surface area contributed by atoms with E-state index in [0.29, 0.717) is 18.2 Å². The van der Waals surface area contributed by atoms with E-state index in [2.05, 4.69) is 39.4 Å². The molecule has 0 bridgehead atoms. The molecule has 7 nitrogen and oxygen atoms in total. The number of amides is 1. The Kier molecular flexibility index (Phi) is 6.11. The summed E-state index contributed by atoms with van der Waals surface area (Å²) in [6.07, 6.45) is 4.50. The Bertz CT molecular complexity index is 750. The summed E-state index contributed by atoms with van der Waals surface area (Å²) < 4.78 is 5.16. The molecular formula is C20H29N5O2. The summed E-state index contributed by atoms with van der Waals surface area (Å²) in [7, 11) is 4.22. The molecule has 1 saturated heterocycles. The van der Waals surface area contributed by atoms with Crippen LogP contribution in [0.25, 0.3) is 0 Å². The molecule has 0 spiro atoms. The van der Waals surface area contributed by atoms with E-state index >= 15 is 0 Å². The Morgan fingerprint density at radius 2 is 2.19 bits per heavy atom. The van der Waals surface area contributed by atoms with Crippen LogP contribution in [0.5, 0.6) is 0 Å². The van der Waals surface area contributed by atoms with Crippen LogP contribution in [0, 0.1) is 13.8 Å². The average molecular weight is 371 g/mol. The van der Waals surface area contributed by atoms with Crippen molar-refractivity contribution in [2.75, 3.05) is 38.6 Å². The number of aryl methyl sites for hydroxylation is 2. The summed E-state index contributed by atoms with van der Waals surface area (Å²) in [6.45, 7) is 6.46. The smallest absolute Gasteiger partial charge is 0.252 e. The maximum Gasteiger partial charge on any atom is 0.252 e. The topological polar surface area (TPSA) is 74.5 Å². The monoisotopic (exact) mass is 371 g/mol. The van der Waals surface area contributed by atoms with Gasteiger partial charge in [0.25, 0.3) is 5.91 Å². The molecule has 0 aliphatic carbocycles. The van der Waals surface area contributed by atoms with Gasteiger partial charge in [0.05, 0.1) is 11.3 Å². The third-order valence-electron chi connectivity index (χ3n) is 5.30. The van der Waals surface area contributed by atoms with E-state index in [1.165, 1.54) is 0 Å². The van der Waals surface area contributed by atoms with Gasteiger partial charge in [-0.15, -0.1) is 0 Å². The van der Waals surface area contributed by atoms with Gasteiger partial charge in [0.1, 0.15) is 11.6 Å². The molecule has 1 unspecified atom stereocenters. The van der Waals surface area contributed by atoms with Crippen LogP contribution in [0.3, 0.4) is 0 Å². The van der Waals surface area contributed by atoms with Crippen LogP contribution in [-0.4, -0.2) is 60.7 Å². The number of aromatic nitrogens is 2. The molecule has 27 heavy (non-hydrogen) atoms. The van der Waals surface area contributed by atoms with Gasteiger partial charge in [0.2, 0.25) is 0 Å². The molecule has 7 heteroatoms. The second-order valence-corrected chi connectivity index (χ2v) is 7.42. The fraction of sp³-hybridized carbons (Fsp3) is 0.550. The maximum atomic E-state index is 12.3. The number of likely N-dealkylation sites (N-methyl/N-ethyl adjacent to an activating group) is 1. The molecule has 3 heterocycles. The molecule has 1 fully saturated rings. The second kappa shape index (κ2) is 8.52. The number of hydrogen-bond acceptors (Lipinski definition) is 6. The Morgan fingerprint density at radius 1 is 1.37 bits per heavy atom. The maximum absolute atomic E-state index is 12.3. The molecule has 3 rings (SSSR count). The number of nitrogens with one attached hydrogen (secondary N) is 1. The van der Waals surface area contributed by atoms with Gasteiger partial charge < -0.3 is 19.6 Å². The molecule has 1 aliphatic heterocycles. The first-order valence-electron chi connectivity index (χ1n) is 9.53. The predicted molar refractivity (Wildman–Crippen MR) is 105 cm³/mol. The minimum Gasteiger partial charge on any atom is -0.361 e. The van der Waals surface area contributed by atoms with Crippen molar-refractivity contribution in [1.29, 1.82) is 0 Å². The summed E-state index contributed by atoms with van der Waals surface area (Å²) in [5.41, 5.74) is 2.66.